The number of aromatic nitrogens is 1. The molecule has 0 bridgehead atoms. The zero-order valence-corrected chi connectivity index (χ0v) is 20.5. The van der Waals surface area contributed by atoms with E-state index >= 15 is 0 Å². The van der Waals surface area contributed by atoms with Gasteiger partial charge in [0.05, 0.1) is 28.5 Å². The molecule has 4 rings (SSSR count). The second-order valence-corrected chi connectivity index (χ2v) is 9.60. The fraction of sp³-hybridized carbons (Fsp3) is 0.174. The summed E-state index contributed by atoms with van der Waals surface area (Å²) < 4.78 is 8.51. The van der Waals surface area contributed by atoms with E-state index in [0.29, 0.717) is 25.6 Å². The summed E-state index contributed by atoms with van der Waals surface area (Å²) in [6, 6.07) is 14.4. The number of allylic oxidation sites excluding steroid dienone is 1. The van der Waals surface area contributed by atoms with Gasteiger partial charge in [-0.1, -0.05) is 47.2 Å². The molecule has 1 aromatic heterocycles. The topological polar surface area (TPSA) is 60.7 Å². The Morgan fingerprint density at radius 3 is 2.71 bits per heavy atom. The predicted octanol–water partition coefficient (Wildman–Crippen LogP) is 4.06. The first kappa shape index (κ1) is 22.0. The van der Waals surface area contributed by atoms with Gasteiger partial charge < -0.3 is 4.74 Å². The first-order valence-corrected chi connectivity index (χ1v) is 11.9. The smallest absolute Gasteiger partial charge is 0.338 e. The molecular weight excluding hydrogens is 547 g/mol. The summed E-state index contributed by atoms with van der Waals surface area (Å²) in [5.74, 6) is -0.476. The summed E-state index contributed by atoms with van der Waals surface area (Å²) >= 11 is 9.62. The lowest BCUT2D eigenvalue weighted by Gasteiger charge is -2.24. The number of carbonyl (C=O) groups excluding carboxylic acids is 1. The number of hydrogen-bond acceptors (Lipinski definition) is 5. The largest absolute Gasteiger partial charge is 0.463 e. The van der Waals surface area contributed by atoms with Crippen molar-refractivity contribution in [2.45, 2.75) is 19.9 Å². The third-order valence-electron chi connectivity index (χ3n) is 4.85. The van der Waals surface area contributed by atoms with Crippen LogP contribution in [0.4, 0.5) is 0 Å². The minimum absolute atomic E-state index is 0.197. The van der Waals surface area contributed by atoms with E-state index in [1.165, 1.54) is 11.3 Å². The van der Waals surface area contributed by atoms with E-state index in [0.717, 1.165) is 14.7 Å². The molecule has 0 saturated carbocycles. The molecule has 0 radical (unpaired) electrons. The molecule has 31 heavy (non-hydrogen) atoms. The fourth-order valence-corrected chi connectivity index (χ4v) is 5.24. The van der Waals surface area contributed by atoms with Crippen LogP contribution in [0.2, 0.25) is 5.02 Å². The molecule has 0 N–H and O–H groups in total. The maximum Gasteiger partial charge on any atom is 0.338 e. The Kier molecular flexibility index (Phi) is 6.45. The van der Waals surface area contributed by atoms with E-state index in [9.17, 15) is 9.59 Å². The van der Waals surface area contributed by atoms with Crippen molar-refractivity contribution in [1.82, 2.24) is 4.57 Å². The summed E-state index contributed by atoms with van der Waals surface area (Å²) in [6.45, 7) is 3.76. The molecule has 0 aliphatic carbocycles. The number of esters is 1. The molecule has 1 aliphatic heterocycles. The molecule has 0 fully saturated rings. The Labute approximate surface area is 201 Å². The van der Waals surface area contributed by atoms with E-state index in [1.807, 2.05) is 42.5 Å². The number of thiazole rings is 1. The summed E-state index contributed by atoms with van der Waals surface area (Å²) in [6.07, 6.45) is 1.86. The monoisotopic (exact) mass is 564 g/mol. The van der Waals surface area contributed by atoms with Gasteiger partial charge in [0, 0.05) is 8.59 Å². The van der Waals surface area contributed by atoms with Gasteiger partial charge in [-0.25, -0.2) is 9.79 Å². The zero-order chi connectivity index (χ0) is 22.1. The molecule has 158 valence electrons. The van der Waals surface area contributed by atoms with Gasteiger partial charge >= 0.3 is 5.97 Å². The average molecular weight is 565 g/mol. The maximum atomic E-state index is 13.5. The molecule has 8 heteroatoms. The highest BCUT2D eigenvalue weighted by Crippen LogP contribution is 2.31. The van der Waals surface area contributed by atoms with Gasteiger partial charge in [-0.2, -0.15) is 0 Å². The molecule has 5 nitrogen and oxygen atoms in total. The fourth-order valence-electron chi connectivity index (χ4n) is 3.50. The van der Waals surface area contributed by atoms with Crippen LogP contribution in [0.25, 0.3) is 6.08 Å². The first-order chi connectivity index (χ1) is 14.9. The molecule has 0 unspecified atom stereocenters. The van der Waals surface area contributed by atoms with E-state index in [2.05, 4.69) is 27.6 Å². The third kappa shape index (κ3) is 4.40. The lowest BCUT2D eigenvalue weighted by Crippen LogP contribution is -2.39. The Morgan fingerprint density at radius 2 is 2.03 bits per heavy atom. The number of rotatable bonds is 4. The van der Waals surface area contributed by atoms with Gasteiger partial charge in [-0.05, 0) is 77.9 Å². The van der Waals surface area contributed by atoms with Crippen molar-refractivity contribution in [3.63, 3.8) is 0 Å². The highest BCUT2D eigenvalue weighted by atomic mass is 127. The Hall–Kier alpha value is -2.23. The van der Waals surface area contributed by atoms with E-state index < -0.39 is 12.0 Å². The van der Waals surface area contributed by atoms with Gasteiger partial charge in [0.1, 0.15) is 0 Å². The Bertz CT molecular complexity index is 1370. The number of ether oxygens (including phenoxy) is 1. The van der Waals surface area contributed by atoms with Crippen LogP contribution >= 0.6 is 45.5 Å². The summed E-state index contributed by atoms with van der Waals surface area (Å²) in [5.41, 5.74) is 2.40. The van der Waals surface area contributed by atoms with Gasteiger partial charge in [-0.15, -0.1) is 0 Å². The predicted molar refractivity (Wildman–Crippen MR) is 131 cm³/mol. The standard InChI is InChI=1S/C23H18ClIN2O3S/c1-3-30-22(29)19-13(2)26-23-27(20(19)15-7-9-16(24)10-8-15)21(28)18(31-23)12-14-5-4-6-17(25)11-14/h4-12,20H,3H2,1-2H3/b18-12+/t20-/m0/s1. The SMILES string of the molecule is CCOC(=O)C1=C(C)N=c2s/c(=C/c3cccc(I)c3)c(=O)n2[C@H]1c1ccc(Cl)cc1. The average Bonchev–Trinajstić information content (AvgIpc) is 3.02. The normalized spacial score (nSPS) is 16.1. The molecule has 1 aliphatic rings. The highest BCUT2D eigenvalue weighted by Gasteiger charge is 2.33. The van der Waals surface area contributed by atoms with E-state index in [-0.39, 0.29) is 12.2 Å². The van der Waals surface area contributed by atoms with Crippen molar-refractivity contribution in [3.8, 4) is 0 Å². The number of halogens is 2. The minimum atomic E-state index is -0.634. The lowest BCUT2D eigenvalue weighted by molar-refractivity contribution is -0.139. The molecule has 2 aromatic carbocycles. The second-order valence-electron chi connectivity index (χ2n) is 6.91. The lowest BCUT2D eigenvalue weighted by atomic mass is 9.96. The molecule has 0 amide bonds. The molecule has 0 spiro atoms. The van der Waals surface area contributed by atoms with Crippen molar-refractivity contribution in [2.75, 3.05) is 6.61 Å². The van der Waals surface area contributed by atoms with Crippen LogP contribution in [-0.4, -0.2) is 17.1 Å². The van der Waals surface area contributed by atoms with Crippen LogP contribution in [-0.2, 0) is 9.53 Å². The first-order valence-electron chi connectivity index (χ1n) is 9.59. The third-order valence-corrected chi connectivity index (χ3v) is 6.76. The number of benzene rings is 2. The molecular formula is C23H18ClIN2O3S. The Balaban J connectivity index is 1.96. The van der Waals surface area contributed by atoms with Crippen molar-refractivity contribution in [2.24, 2.45) is 4.99 Å². The molecule has 1 atom stereocenters. The highest BCUT2D eigenvalue weighted by molar-refractivity contribution is 14.1. The minimum Gasteiger partial charge on any atom is -0.463 e. The van der Waals surface area contributed by atoms with Crippen LogP contribution in [0.15, 0.2) is 69.6 Å². The summed E-state index contributed by atoms with van der Waals surface area (Å²) in [5, 5.41) is 0.577. The van der Waals surface area contributed by atoms with Crippen LogP contribution < -0.4 is 14.9 Å². The maximum absolute atomic E-state index is 13.5. The quantitative estimate of drug-likeness (QED) is 0.355. The summed E-state index contributed by atoms with van der Waals surface area (Å²) in [4.78, 5) is 31.4. The van der Waals surface area contributed by atoms with Crippen molar-refractivity contribution < 1.29 is 9.53 Å². The van der Waals surface area contributed by atoms with Crippen molar-refractivity contribution in [1.29, 1.82) is 0 Å². The van der Waals surface area contributed by atoms with E-state index in [1.54, 1.807) is 30.5 Å². The molecule has 0 saturated heterocycles. The van der Waals surface area contributed by atoms with Crippen LogP contribution in [0.3, 0.4) is 0 Å². The van der Waals surface area contributed by atoms with Gasteiger partial charge in [0.25, 0.3) is 5.56 Å². The summed E-state index contributed by atoms with van der Waals surface area (Å²) in [7, 11) is 0. The van der Waals surface area contributed by atoms with Crippen LogP contribution in [0, 0.1) is 3.57 Å². The second kappa shape index (κ2) is 9.10. The zero-order valence-electron chi connectivity index (χ0n) is 16.8. The van der Waals surface area contributed by atoms with Crippen LogP contribution in [0.1, 0.15) is 31.0 Å². The molecule has 2 heterocycles. The number of hydrogen-bond donors (Lipinski definition) is 0. The van der Waals surface area contributed by atoms with Gasteiger partial charge in [0.15, 0.2) is 4.80 Å². The number of carbonyl (C=O) groups is 1. The van der Waals surface area contributed by atoms with Crippen molar-refractivity contribution >= 4 is 57.6 Å². The van der Waals surface area contributed by atoms with Gasteiger partial charge in [-0.3, -0.25) is 9.36 Å². The number of fused-ring (bicyclic) bond motifs is 1. The number of nitrogens with zero attached hydrogens (tertiary/aromatic N) is 2. The van der Waals surface area contributed by atoms with E-state index in [4.69, 9.17) is 16.3 Å². The van der Waals surface area contributed by atoms with Gasteiger partial charge in [0.2, 0.25) is 0 Å². The Morgan fingerprint density at radius 1 is 1.29 bits per heavy atom. The van der Waals surface area contributed by atoms with Crippen molar-refractivity contribution in [3.05, 3.63) is 99.2 Å². The molecule has 3 aromatic rings. The van der Waals surface area contributed by atoms with Crippen LogP contribution in [0.5, 0.6) is 0 Å².